The van der Waals surface area contributed by atoms with E-state index in [1.165, 1.54) is 17.8 Å². The average Bonchev–Trinajstić information content (AvgIpc) is 2.38. The summed E-state index contributed by atoms with van der Waals surface area (Å²) in [6.07, 6.45) is 2.44. The van der Waals surface area contributed by atoms with Gasteiger partial charge in [0.15, 0.2) is 5.82 Å². The molecule has 0 aliphatic carbocycles. The molecule has 2 rings (SSSR count). The van der Waals surface area contributed by atoms with Gasteiger partial charge in [-0.15, -0.1) is 0 Å². The van der Waals surface area contributed by atoms with Crippen molar-refractivity contribution in [2.24, 2.45) is 0 Å². The van der Waals surface area contributed by atoms with Crippen molar-refractivity contribution in [1.82, 2.24) is 10.3 Å². The van der Waals surface area contributed by atoms with E-state index in [4.69, 9.17) is 0 Å². The number of hydrogen-bond acceptors (Lipinski definition) is 2. The fourth-order valence-electron chi connectivity index (χ4n) is 2.22. The summed E-state index contributed by atoms with van der Waals surface area (Å²) in [4.78, 5) is 15.7. The van der Waals surface area contributed by atoms with Crippen LogP contribution in [0.25, 0.3) is 0 Å². The Morgan fingerprint density at radius 3 is 2.70 bits per heavy atom. The second-order valence-corrected chi connectivity index (χ2v) is 4.91. The summed E-state index contributed by atoms with van der Waals surface area (Å²) in [6.45, 7) is 5.90. The van der Waals surface area contributed by atoms with E-state index >= 15 is 0 Å². The number of hydrogen-bond donors (Lipinski definition) is 1. The van der Waals surface area contributed by atoms with Crippen molar-refractivity contribution in [2.75, 3.05) is 0 Å². The average molecular weight is 272 g/mol. The molecule has 0 bridgehead atoms. The van der Waals surface area contributed by atoms with Crippen LogP contribution in [0.1, 0.15) is 40.0 Å². The molecule has 0 fully saturated rings. The van der Waals surface area contributed by atoms with E-state index in [1.807, 2.05) is 32.9 Å². The fraction of sp³-hybridized carbons (Fsp3) is 0.250. The second kappa shape index (κ2) is 5.82. The van der Waals surface area contributed by atoms with Crippen molar-refractivity contribution in [3.63, 3.8) is 0 Å². The van der Waals surface area contributed by atoms with E-state index in [1.54, 1.807) is 0 Å². The summed E-state index contributed by atoms with van der Waals surface area (Å²) in [6, 6.07) is 7.23. The van der Waals surface area contributed by atoms with Gasteiger partial charge in [0.2, 0.25) is 0 Å². The van der Waals surface area contributed by atoms with E-state index in [2.05, 4.69) is 16.4 Å². The molecule has 1 aromatic heterocycles. The van der Waals surface area contributed by atoms with Crippen LogP contribution >= 0.6 is 0 Å². The van der Waals surface area contributed by atoms with Crippen LogP contribution in [0.3, 0.4) is 0 Å². The summed E-state index contributed by atoms with van der Waals surface area (Å²) in [5, 5.41) is 2.81. The number of benzene rings is 1. The summed E-state index contributed by atoms with van der Waals surface area (Å²) in [5.74, 6) is -1.05. The number of carbonyl (C=O) groups is 1. The Labute approximate surface area is 117 Å². The number of nitrogens with one attached hydrogen (secondary N) is 1. The zero-order valence-electron chi connectivity index (χ0n) is 11.8. The number of pyridine rings is 1. The molecule has 0 aliphatic heterocycles. The molecule has 1 heterocycles. The Hall–Kier alpha value is -2.23. The van der Waals surface area contributed by atoms with Gasteiger partial charge >= 0.3 is 0 Å². The molecule has 1 N–H and O–H groups in total. The van der Waals surface area contributed by atoms with Crippen LogP contribution in [-0.2, 0) is 0 Å². The van der Waals surface area contributed by atoms with Gasteiger partial charge in [0.05, 0.1) is 17.8 Å². The number of halogens is 1. The fourth-order valence-corrected chi connectivity index (χ4v) is 2.22. The van der Waals surface area contributed by atoms with Crippen molar-refractivity contribution in [3.8, 4) is 0 Å². The van der Waals surface area contributed by atoms with Crippen LogP contribution in [-0.4, -0.2) is 10.9 Å². The number of aromatic nitrogens is 1. The highest BCUT2D eigenvalue weighted by Gasteiger charge is 2.16. The number of aryl methyl sites for hydroxylation is 2. The minimum atomic E-state index is -0.613. The van der Waals surface area contributed by atoms with Crippen LogP contribution in [0.4, 0.5) is 4.39 Å². The van der Waals surface area contributed by atoms with Gasteiger partial charge in [-0.25, -0.2) is 4.39 Å². The summed E-state index contributed by atoms with van der Waals surface area (Å²) >= 11 is 0. The Balaban J connectivity index is 2.17. The van der Waals surface area contributed by atoms with Gasteiger partial charge in [0, 0.05) is 6.20 Å². The van der Waals surface area contributed by atoms with Crippen molar-refractivity contribution >= 4 is 5.91 Å². The maximum Gasteiger partial charge on any atom is 0.254 e. The van der Waals surface area contributed by atoms with Gasteiger partial charge in [-0.05, 0) is 38.0 Å². The maximum absolute atomic E-state index is 13.5. The van der Waals surface area contributed by atoms with Gasteiger partial charge in [-0.3, -0.25) is 9.78 Å². The molecule has 0 spiro atoms. The lowest BCUT2D eigenvalue weighted by Gasteiger charge is -2.17. The number of amides is 1. The zero-order chi connectivity index (χ0) is 14.7. The quantitative estimate of drug-likeness (QED) is 0.931. The largest absolute Gasteiger partial charge is 0.345 e. The van der Waals surface area contributed by atoms with E-state index in [9.17, 15) is 9.18 Å². The second-order valence-electron chi connectivity index (χ2n) is 4.91. The Bertz CT molecular complexity index is 640. The monoisotopic (exact) mass is 272 g/mol. The highest BCUT2D eigenvalue weighted by molar-refractivity contribution is 5.94. The smallest absolute Gasteiger partial charge is 0.254 e. The van der Waals surface area contributed by atoms with Gasteiger partial charge < -0.3 is 5.32 Å². The van der Waals surface area contributed by atoms with Gasteiger partial charge in [0.25, 0.3) is 5.91 Å². The number of carbonyl (C=O) groups excluding carboxylic acids is 1. The molecule has 1 atom stereocenters. The van der Waals surface area contributed by atoms with Crippen molar-refractivity contribution in [1.29, 1.82) is 0 Å². The summed E-state index contributed by atoms with van der Waals surface area (Å²) in [5.41, 5.74) is 3.31. The standard InChI is InChI=1S/C16H17FN2O/c1-10-4-5-13(11(2)8-10)12(3)19-16(20)14-6-7-18-9-15(14)17/h4-9,12H,1-3H3,(H,19,20). The first-order valence-electron chi connectivity index (χ1n) is 6.46. The van der Waals surface area contributed by atoms with Crippen LogP contribution in [0.15, 0.2) is 36.7 Å². The first-order chi connectivity index (χ1) is 9.49. The van der Waals surface area contributed by atoms with Crippen LogP contribution in [0.5, 0.6) is 0 Å². The molecule has 0 saturated carbocycles. The zero-order valence-corrected chi connectivity index (χ0v) is 11.8. The molecule has 2 aromatic rings. The topological polar surface area (TPSA) is 42.0 Å². The lowest BCUT2D eigenvalue weighted by Crippen LogP contribution is -2.28. The third-order valence-corrected chi connectivity index (χ3v) is 3.26. The summed E-state index contributed by atoms with van der Waals surface area (Å²) < 4.78 is 13.5. The molecule has 1 unspecified atom stereocenters. The molecule has 0 aliphatic rings. The maximum atomic E-state index is 13.5. The highest BCUT2D eigenvalue weighted by atomic mass is 19.1. The summed E-state index contributed by atoms with van der Waals surface area (Å²) in [7, 11) is 0. The Morgan fingerprint density at radius 1 is 1.30 bits per heavy atom. The molecular weight excluding hydrogens is 255 g/mol. The molecule has 104 valence electrons. The third-order valence-electron chi connectivity index (χ3n) is 3.26. The van der Waals surface area contributed by atoms with Crippen LogP contribution < -0.4 is 5.32 Å². The normalized spacial score (nSPS) is 12.0. The Kier molecular flexibility index (Phi) is 4.13. The van der Waals surface area contributed by atoms with E-state index in [0.29, 0.717) is 0 Å². The molecule has 4 heteroatoms. The molecule has 1 amide bonds. The SMILES string of the molecule is Cc1ccc(C(C)NC(=O)c2ccncc2F)c(C)c1. The van der Waals surface area contributed by atoms with Gasteiger partial charge in [-0.2, -0.15) is 0 Å². The Morgan fingerprint density at radius 2 is 2.05 bits per heavy atom. The van der Waals surface area contributed by atoms with Crippen LogP contribution in [0, 0.1) is 19.7 Å². The minimum absolute atomic E-state index is 0.0108. The molecule has 0 radical (unpaired) electrons. The lowest BCUT2D eigenvalue weighted by atomic mass is 10.00. The molecule has 0 saturated heterocycles. The van der Waals surface area contributed by atoms with E-state index in [0.717, 1.165) is 17.3 Å². The van der Waals surface area contributed by atoms with Gasteiger partial charge in [0.1, 0.15) is 0 Å². The van der Waals surface area contributed by atoms with E-state index in [-0.39, 0.29) is 11.6 Å². The lowest BCUT2D eigenvalue weighted by molar-refractivity contribution is 0.0935. The first-order valence-corrected chi connectivity index (χ1v) is 6.46. The molecular formula is C16H17FN2O. The molecule has 1 aromatic carbocycles. The molecule has 3 nitrogen and oxygen atoms in total. The number of rotatable bonds is 3. The molecule has 20 heavy (non-hydrogen) atoms. The third kappa shape index (κ3) is 3.02. The van der Waals surface area contributed by atoms with Crippen molar-refractivity contribution in [2.45, 2.75) is 26.8 Å². The van der Waals surface area contributed by atoms with Crippen LogP contribution in [0.2, 0.25) is 0 Å². The first kappa shape index (κ1) is 14.2. The van der Waals surface area contributed by atoms with Crippen molar-refractivity contribution < 1.29 is 9.18 Å². The number of nitrogens with zero attached hydrogens (tertiary/aromatic N) is 1. The predicted molar refractivity (Wildman–Crippen MR) is 76.0 cm³/mol. The predicted octanol–water partition coefficient (Wildman–Crippen LogP) is 3.33. The van der Waals surface area contributed by atoms with E-state index < -0.39 is 11.7 Å². The highest BCUT2D eigenvalue weighted by Crippen LogP contribution is 2.19. The van der Waals surface area contributed by atoms with Crippen molar-refractivity contribution in [3.05, 3.63) is 64.7 Å². The van der Waals surface area contributed by atoms with Gasteiger partial charge in [-0.1, -0.05) is 23.8 Å². The minimum Gasteiger partial charge on any atom is -0.345 e.